The number of carbonyl (C=O) groups is 2. The molecule has 0 atom stereocenters. The Labute approximate surface area is 79.8 Å². The molecule has 7 heteroatoms. The van der Waals surface area contributed by atoms with Crippen molar-refractivity contribution in [3.63, 3.8) is 0 Å². The van der Waals surface area contributed by atoms with Gasteiger partial charge in [-0.1, -0.05) is 0 Å². The van der Waals surface area contributed by atoms with Crippen LogP contribution in [0, 0.1) is 0 Å². The minimum Gasteiger partial charge on any atom is -0.468 e. The third-order valence-corrected chi connectivity index (χ3v) is 1.42. The maximum Gasteiger partial charge on any atom is 0.327 e. The zero-order valence-corrected chi connectivity index (χ0v) is 7.56. The maximum absolute atomic E-state index is 10.8. The fourth-order valence-electron chi connectivity index (χ4n) is 0.854. The van der Waals surface area contributed by atoms with Crippen LogP contribution in [0.1, 0.15) is 0 Å². The van der Waals surface area contributed by atoms with Crippen LogP contribution in [0.5, 0.6) is 0 Å². The Balaban J connectivity index is 2.59. The molecule has 0 unspecified atom stereocenters. The molecule has 0 aliphatic carbocycles. The molecule has 1 aromatic rings. The number of urea groups is 1. The first-order valence-electron chi connectivity index (χ1n) is 3.77. The summed E-state index contributed by atoms with van der Waals surface area (Å²) in [5, 5.41) is 6.12. The van der Waals surface area contributed by atoms with Crippen molar-refractivity contribution in [2.24, 2.45) is 5.73 Å². The number of nitrogens with one attached hydrogen (secondary N) is 1. The van der Waals surface area contributed by atoms with E-state index >= 15 is 0 Å². The molecule has 0 spiro atoms. The van der Waals surface area contributed by atoms with Gasteiger partial charge in [0.15, 0.2) is 0 Å². The molecule has 0 saturated carbocycles. The minimum atomic E-state index is -0.678. The van der Waals surface area contributed by atoms with E-state index in [1.807, 2.05) is 0 Å². The average Bonchev–Trinajstić information content (AvgIpc) is 2.51. The second-order valence-corrected chi connectivity index (χ2v) is 2.49. The lowest BCUT2D eigenvalue weighted by atomic mass is 10.5. The first-order chi connectivity index (χ1) is 6.61. The van der Waals surface area contributed by atoms with Crippen LogP contribution in [0.3, 0.4) is 0 Å². The van der Waals surface area contributed by atoms with Crippen molar-refractivity contribution in [1.82, 2.24) is 9.78 Å². The summed E-state index contributed by atoms with van der Waals surface area (Å²) in [6, 6.07) is -0.678. The van der Waals surface area contributed by atoms with E-state index in [1.54, 1.807) is 0 Å². The van der Waals surface area contributed by atoms with Gasteiger partial charge in [-0.3, -0.25) is 9.48 Å². The second kappa shape index (κ2) is 4.26. The fourth-order valence-corrected chi connectivity index (χ4v) is 0.854. The van der Waals surface area contributed by atoms with E-state index in [9.17, 15) is 9.59 Å². The molecule has 1 rings (SSSR count). The van der Waals surface area contributed by atoms with Crippen LogP contribution >= 0.6 is 0 Å². The Morgan fingerprint density at radius 1 is 1.71 bits per heavy atom. The number of anilines is 1. The lowest BCUT2D eigenvalue weighted by Crippen LogP contribution is -2.18. The van der Waals surface area contributed by atoms with E-state index in [0.29, 0.717) is 5.69 Å². The standard InChI is InChI=1S/C7H10N4O3/c1-14-6(12)4-11-3-5(2-9-11)10-7(8)13/h2-3H,4H2,1H3,(H3,8,10,13). The van der Waals surface area contributed by atoms with Gasteiger partial charge in [-0.15, -0.1) is 0 Å². The van der Waals surface area contributed by atoms with Crippen LogP contribution in [0.25, 0.3) is 0 Å². The van der Waals surface area contributed by atoms with Crippen molar-refractivity contribution in [1.29, 1.82) is 0 Å². The van der Waals surface area contributed by atoms with Gasteiger partial charge in [0.1, 0.15) is 6.54 Å². The van der Waals surface area contributed by atoms with Crippen molar-refractivity contribution >= 4 is 17.7 Å². The van der Waals surface area contributed by atoms with E-state index < -0.39 is 12.0 Å². The van der Waals surface area contributed by atoms with Gasteiger partial charge in [-0.05, 0) is 0 Å². The molecule has 0 aliphatic rings. The van der Waals surface area contributed by atoms with Gasteiger partial charge in [0.2, 0.25) is 0 Å². The summed E-state index contributed by atoms with van der Waals surface area (Å²) < 4.78 is 5.76. The SMILES string of the molecule is COC(=O)Cn1cc(NC(N)=O)cn1. The zero-order chi connectivity index (χ0) is 10.6. The molecule has 0 radical (unpaired) electrons. The van der Waals surface area contributed by atoms with Crippen LogP contribution in [0.15, 0.2) is 12.4 Å². The van der Waals surface area contributed by atoms with E-state index in [1.165, 1.54) is 24.2 Å². The highest BCUT2D eigenvalue weighted by Gasteiger charge is 2.04. The third kappa shape index (κ3) is 2.77. The molecule has 0 aliphatic heterocycles. The number of carbonyl (C=O) groups excluding carboxylic acids is 2. The van der Waals surface area contributed by atoms with Gasteiger partial charge in [-0.2, -0.15) is 5.10 Å². The lowest BCUT2D eigenvalue weighted by molar-refractivity contribution is -0.141. The van der Waals surface area contributed by atoms with E-state index in [4.69, 9.17) is 5.73 Å². The Morgan fingerprint density at radius 3 is 3.00 bits per heavy atom. The van der Waals surface area contributed by atoms with Crippen molar-refractivity contribution in [3.05, 3.63) is 12.4 Å². The Morgan fingerprint density at radius 2 is 2.43 bits per heavy atom. The Kier molecular flexibility index (Phi) is 3.05. The number of hydrogen-bond acceptors (Lipinski definition) is 4. The second-order valence-electron chi connectivity index (χ2n) is 2.49. The molecule has 1 aromatic heterocycles. The average molecular weight is 198 g/mol. The number of methoxy groups -OCH3 is 1. The summed E-state index contributed by atoms with van der Waals surface area (Å²) in [4.78, 5) is 21.3. The number of hydrogen-bond donors (Lipinski definition) is 2. The highest BCUT2D eigenvalue weighted by atomic mass is 16.5. The van der Waals surface area contributed by atoms with Crippen LogP contribution in [-0.2, 0) is 16.1 Å². The number of esters is 1. The molecule has 1 heterocycles. The largest absolute Gasteiger partial charge is 0.468 e. The van der Waals surface area contributed by atoms with Gasteiger partial charge in [-0.25, -0.2) is 4.79 Å². The van der Waals surface area contributed by atoms with Gasteiger partial charge in [0, 0.05) is 6.20 Å². The first-order valence-corrected chi connectivity index (χ1v) is 3.77. The number of amides is 2. The number of nitrogens with two attached hydrogens (primary N) is 1. The molecule has 0 aromatic carbocycles. The fraction of sp³-hybridized carbons (Fsp3) is 0.286. The number of nitrogens with zero attached hydrogens (tertiary/aromatic N) is 2. The third-order valence-electron chi connectivity index (χ3n) is 1.42. The minimum absolute atomic E-state index is 0.00303. The van der Waals surface area contributed by atoms with Crippen LogP contribution in [0.4, 0.5) is 10.5 Å². The topological polar surface area (TPSA) is 99.2 Å². The van der Waals surface area contributed by atoms with E-state index in [0.717, 1.165) is 0 Å². The maximum atomic E-state index is 10.8. The predicted molar refractivity (Wildman–Crippen MR) is 47.4 cm³/mol. The number of aromatic nitrogens is 2. The summed E-state index contributed by atoms with van der Waals surface area (Å²) in [6.07, 6.45) is 2.86. The van der Waals surface area contributed by atoms with Crippen molar-refractivity contribution in [3.8, 4) is 0 Å². The highest BCUT2D eigenvalue weighted by Crippen LogP contribution is 2.03. The van der Waals surface area contributed by atoms with Gasteiger partial charge >= 0.3 is 12.0 Å². The molecule has 7 nitrogen and oxygen atoms in total. The summed E-state index contributed by atoms with van der Waals surface area (Å²) >= 11 is 0. The van der Waals surface area contributed by atoms with E-state index in [-0.39, 0.29) is 6.54 Å². The predicted octanol–water partition coefficient (Wildman–Crippen LogP) is -0.453. The van der Waals surface area contributed by atoms with Crippen molar-refractivity contribution < 1.29 is 14.3 Å². The zero-order valence-electron chi connectivity index (χ0n) is 7.56. The summed E-state index contributed by atoms with van der Waals surface area (Å²) in [7, 11) is 1.29. The molecule has 0 saturated heterocycles. The van der Waals surface area contributed by atoms with Gasteiger partial charge < -0.3 is 15.8 Å². The molecule has 76 valence electrons. The molecular weight excluding hydrogens is 188 g/mol. The smallest absolute Gasteiger partial charge is 0.327 e. The summed E-state index contributed by atoms with van der Waals surface area (Å²) in [6.45, 7) is -0.00303. The summed E-state index contributed by atoms with van der Waals surface area (Å²) in [5.41, 5.74) is 5.31. The van der Waals surface area contributed by atoms with Gasteiger partial charge in [0.05, 0.1) is 19.0 Å². The Bertz CT molecular complexity index is 346. The molecule has 0 fully saturated rings. The normalized spacial score (nSPS) is 9.50. The summed E-state index contributed by atoms with van der Waals surface area (Å²) in [5.74, 6) is -0.418. The van der Waals surface area contributed by atoms with Crippen LogP contribution in [-0.4, -0.2) is 28.9 Å². The highest BCUT2D eigenvalue weighted by molar-refractivity contribution is 5.87. The first kappa shape index (κ1) is 10.0. The molecular formula is C7H10N4O3. The molecule has 3 N–H and O–H groups in total. The quantitative estimate of drug-likeness (QED) is 0.642. The number of primary amides is 1. The van der Waals surface area contributed by atoms with Crippen molar-refractivity contribution in [2.45, 2.75) is 6.54 Å². The molecule has 0 bridgehead atoms. The number of rotatable bonds is 3. The van der Waals surface area contributed by atoms with Crippen LogP contribution < -0.4 is 11.1 Å². The van der Waals surface area contributed by atoms with Crippen LogP contribution in [0.2, 0.25) is 0 Å². The van der Waals surface area contributed by atoms with E-state index in [2.05, 4.69) is 15.2 Å². The molecule has 14 heavy (non-hydrogen) atoms. The van der Waals surface area contributed by atoms with Crippen molar-refractivity contribution in [2.75, 3.05) is 12.4 Å². The molecule has 2 amide bonds. The number of ether oxygens (including phenoxy) is 1. The monoisotopic (exact) mass is 198 g/mol. The Hall–Kier alpha value is -2.05. The van der Waals surface area contributed by atoms with Gasteiger partial charge in [0.25, 0.3) is 0 Å². The lowest BCUT2D eigenvalue weighted by Gasteiger charge is -1.98.